The molecule has 0 spiro atoms. The standard InChI is InChI=1S/C9H18N2S4/c1-2-13-7-10(6-12-1)5-11-8-14-3-4-15-9-11/h1-9H2. The van der Waals surface area contributed by atoms with Crippen molar-refractivity contribution in [1.82, 2.24) is 9.80 Å². The van der Waals surface area contributed by atoms with Gasteiger partial charge in [-0.3, -0.25) is 9.80 Å². The fraction of sp³-hybridized carbons (Fsp3) is 1.00. The second-order valence-electron chi connectivity index (χ2n) is 3.63. The number of hydrogen-bond acceptors (Lipinski definition) is 6. The van der Waals surface area contributed by atoms with Gasteiger partial charge in [-0.25, -0.2) is 0 Å². The van der Waals surface area contributed by atoms with Gasteiger partial charge in [0, 0.05) is 46.5 Å². The lowest BCUT2D eigenvalue weighted by Crippen LogP contribution is -2.36. The molecular weight excluding hydrogens is 264 g/mol. The molecule has 2 rings (SSSR count). The minimum Gasteiger partial charge on any atom is -0.272 e. The second-order valence-corrected chi connectivity index (χ2v) is 7.93. The van der Waals surface area contributed by atoms with Crippen LogP contribution in [-0.4, -0.2) is 63.0 Å². The van der Waals surface area contributed by atoms with Crippen LogP contribution in [0.3, 0.4) is 0 Å². The Kier molecular flexibility index (Phi) is 6.48. The van der Waals surface area contributed by atoms with E-state index < -0.39 is 0 Å². The largest absolute Gasteiger partial charge is 0.272 e. The Hall–Kier alpha value is 1.32. The van der Waals surface area contributed by atoms with Crippen molar-refractivity contribution in [3.05, 3.63) is 0 Å². The van der Waals surface area contributed by atoms with Gasteiger partial charge in [-0.2, -0.15) is 0 Å². The zero-order valence-electron chi connectivity index (χ0n) is 8.89. The van der Waals surface area contributed by atoms with Crippen molar-refractivity contribution >= 4 is 47.0 Å². The van der Waals surface area contributed by atoms with Crippen LogP contribution in [0.4, 0.5) is 0 Å². The summed E-state index contributed by atoms with van der Waals surface area (Å²) in [5, 5.41) is 0. The molecule has 2 heterocycles. The molecule has 0 aromatic heterocycles. The molecule has 0 aromatic carbocycles. The summed E-state index contributed by atoms with van der Waals surface area (Å²) in [5.74, 6) is 10.2. The maximum atomic E-state index is 2.58. The van der Waals surface area contributed by atoms with Crippen LogP contribution in [0.2, 0.25) is 0 Å². The maximum absolute atomic E-state index is 2.58. The summed E-state index contributed by atoms with van der Waals surface area (Å²) < 4.78 is 0. The van der Waals surface area contributed by atoms with E-state index in [0.717, 1.165) is 0 Å². The first kappa shape index (κ1) is 12.8. The molecular formula is C9H18N2S4. The summed E-state index contributed by atoms with van der Waals surface area (Å²) in [6.45, 7) is 1.17. The lowest BCUT2D eigenvalue weighted by atomic mass is 10.8. The average molecular weight is 283 g/mol. The predicted molar refractivity (Wildman–Crippen MR) is 77.8 cm³/mol. The van der Waals surface area contributed by atoms with E-state index in [9.17, 15) is 0 Å². The van der Waals surface area contributed by atoms with Crippen LogP contribution >= 0.6 is 47.0 Å². The van der Waals surface area contributed by atoms with Crippen LogP contribution in [0, 0.1) is 0 Å². The summed E-state index contributed by atoms with van der Waals surface area (Å²) in [6.07, 6.45) is 0. The molecule has 0 atom stereocenters. The second kappa shape index (κ2) is 7.61. The SMILES string of the molecule is C1CSCN(CN2CSCCSC2)CS1. The number of thioether (sulfide) groups is 4. The molecule has 0 saturated carbocycles. The highest BCUT2D eigenvalue weighted by Gasteiger charge is 2.15. The molecule has 0 unspecified atom stereocenters. The lowest BCUT2D eigenvalue weighted by Gasteiger charge is -2.27. The Morgan fingerprint density at radius 1 is 0.600 bits per heavy atom. The van der Waals surface area contributed by atoms with Crippen molar-refractivity contribution in [2.45, 2.75) is 0 Å². The van der Waals surface area contributed by atoms with E-state index in [1.165, 1.54) is 53.2 Å². The van der Waals surface area contributed by atoms with Crippen molar-refractivity contribution in [3.63, 3.8) is 0 Å². The highest BCUT2D eigenvalue weighted by molar-refractivity contribution is 8.03. The summed E-state index contributed by atoms with van der Waals surface area (Å²) in [6, 6.07) is 0. The Morgan fingerprint density at radius 3 is 1.27 bits per heavy atom. The molecule has 0 bridgehead atoms. The third kappa shape index (κ3) is 5.00. The monoisotopic (exact) mass is 282 g/mol. The van der Waals surface area contributed by atoms with Crippen LogP contribution in [0.1, 0.15) is 0 Å². The molecule has 88 valence electrons. The number of hydrogen-bond donors (Lipinski definition) is 0. The molecule has 2 aliphatic heterocycles. The van der Waals surface area contributed by atoms with Gasteiger partial charge in [0.15, 0.2) is 0 Å². The lowest BCUT2D eigenvalue weighted by molar-refractivity contribution is 0.217. The number of rotatable bonds is 2. The average Bonchev–Trinajstić information content (AvgIpc) is 2.63. The van der Waals surface area contributed by atoms with E-state index in [1.807, 2.05) is 0 Å². The molecule has 0 radical (unpaired) electrons. The highest BCUT2D eigenvalue weighted by atomic mass is 32.2. The minimum absolute atomic E-state index is 1.17. The normalized spacial score (nSPS) is 27.2. The van der Waals surface area contributed by atoms with Gasteiger partial charge >= 0.3 is 0 Å². The van der Waals surface area contributed by atoms with Crippen molar-refractivity contribution in [1.29, 1.82) is 0 Å². The number of nitrogens with zero attached hydrogens (tertiary/aromatic N) is 2. The van der Waals surface area contributed by atoms with E-state index >= 15 is 0 Å². The van der Waals surface area contributed by atoms with E-state index in [2.05, 4.69) is 56.8 Å². The molecule has 0 amide bonds. The molecule has 15 heavy (non-hydrogen) atoms. The molecule has 2 nitrogen and oxygen atoms in total. The van der Waals surface area contributed by atoms with Gasteiger partial charge in [-0.1, -0.05) is 0 Å². The van der Waals surface area contributed by atoms with Crippen LogP contribution in [0.15, 0.2) is 0 Å². The van der Waals surface area contributed by atoms with Gasteiger partial charge in [-0.15, -0.1) is 47.0 Å². The minimum atomic E-state index is 1.17. The third-order valence-electron chi connectivity index (χ3n) is 2.24. The van der Waals surface area contributed by atoms with Gasteiger partial charge in [-0.05, 0) is 0 Å². The van der Waals surface area contributed by atoms with Gasteiger partial charge in [0.2, 0.25) is 0 Å². The van der Waals surface area contributed by atoms with Crippen LogP contribution in [-0.2, 0) is 0 Å². The highest BCUT2D eigenvalue weighted by Crippen LogP contribution is 2.21. The van der Waals surface area contributed by atoms with E-state index in [4.69, 9.17) is 0 Å². The van der Waals surface area contributed by atoms with Gasteiger partial charge in [0.05, 0.1) is 6.67 Å². The first-order chi connectivity index (χ1) is 7.45. The fourth-order valence-corrected chi connectivity index (χ4v) is 5.89. The summed E-state index contributed by atoms with van der Waals surface area (Å²) in [4.78, 5) is 5.16. The Bertz CT molecular complexity index is 147. The van der Waals surface area contributed by atoms with E-state index in [0.29, 0.717) is 0 Å². The topological polar surface area (TPSA) is 6.48 Å². The fourth-order valence-electron chi connectivity index (χ4n) is 1.53. The van der Waals surface area contributed by atoms with Crippen LogP contribution in [0.25, 0.3) is 0 Å². The molecule has 0 aliphatic carbocycles. The van der Waals surface area contributed by atoms with Crippen molar-refractivity contribution in [2.24, 2.45) is 0 Å². The van der Waals surface area contributed by atoms with Crippen molar-refractivity contribution in [2.75, 3.05) is 53.2 Å². The Labute approximate surface area is 110 Å². The summed E-state index contributed by atoms with van der Waals surface area (Å²) >= 11 is 8.33. The van der Waals surface area contributed by atoms with Crippen LogP contribution < -0.4 is 0 Å². The smallest absolute Gasteiger partial charge is 0.0537 e. The molecule has 6 heteroatoms. The van der Waals surface area contributed by atoms with Crippen molar-refractivity contribution in [3.8, 4) is 0 Å². The van der Waals surface area contributed by atoms with Crippen LogP contribution in [0.5, 0.6) is 0 Å². The summed E-state index contributed by atoms with van der Waals surface area (Å²) in [7, 11) is 0. The van der Waals surface area contributed by atoms with E-state index in [1.54, 1.807) is 0 Å². The predicted octanol–water partition coefficient (Wildman–Crippen LogP) is 2.34. The van der Waals surface area contributed by atoms with Gasteiger partial charge in [0.25, 0.3) is 0 Å². The molecule has 2 fully saturated rings. The Morgan fingerprint density at radius 2 is 0.933 bits per heavy atom. The maximum Gasteiger partial charge on any atom is 0.0537 e. The first-order valence-electron chi connectivity index (χ1n) is 5.21. The quantitative estimate of drug-likeness (QED) is 0.761. The molecule has 0 N–H and O–H groups in total. The van der Waals surface area contributed by atoms with Gasteiger partial charge < -0.3 is 0 Å². The summed E-state index contributed by atoms with van der Waals surface area (Å²) in [5.41, 5.74) is 0. The zero-order valence-corrected chi connectivity index (χ0v) is 12.2. The molecule has 0 aromatic rings. The zero-order chi connectivity index (χ0) is 10.3. The Balaban J connectivity index is 1.73. The van der Waals surface area contributed by atoms with E-state index in [-0.39, 0.29) is 0 Å². The third-order valence-corrected chi connectivity index (χ3v) is 6.92. The van der Waals surface area contributed by atoms with Crippen molar-refractivity contribution < 1.29 is 0 Å². The molecule has 2 saturated heterocycles. The van der Waals surface area contributed by atoms with Gasteiger partial charge in [0.1, 0.15) is 0 Å². The molecule has 2 aliphatic rings. The first-order valence-corrected chi connectivity index (χ1v) is 9.83.